The molecular weight excluding hydrogens is 312 g/mol. The highest BCUT2D eigenvalue weighted by molar-refractivity contribution is 5.80. The summed E-state index contributed by atoms with van der Waals surface area (Å²) in [7, 11) is 0. The van der Waals surface area contributed by atoms with E-state index in [0.29, 0.717) is 0 Å². The van der Waals surface area contributed by atoms with Gasteiger partial charge in [0.1, 0.15) is 5.75 Å². The van der Waals surface area contributed by atoms with Crippen LogP contribution in [0.3, 0.4) is 0 Å². The van der Waals surface area contributed by atoms with E-state index in [2.05, 4.69) is 23.2 Å². The number of likely N-dealkylation sites (tertiary alicyclic amines) is 1. The first-order valence-corrected chi connectivity index (χ1v) is 9.72. The minimum Gasteiger partial charge on any atom is -0.481 e. The van der Waals surface area contributed by atoms with E-state index in [1.807, 2.05) is 26.8 Å². The maximum atomic E-state index is 12.3. The topological polar surface area (TPSA) is 41.6 Å². The number of nitrogens with zero attached hydrogens (tertiary/aromatic N) is 1. The summed E-state index contributed by atoms with van der Waals surface area (Å²) in [4.78, 5) is 14.8. The molecule has 1 fully saturated rings. The molecule has 1 atom stereocenters. The van der Waals surface area contributed by atoms with Crippen LogP contribution in [0.15, 0.2) is 12.1 Å². The molecule has 1 heterocycles. The van der Waals surface area contributed by atoms with Crippen LogP contribution in [-0.4, -0.2) is 43.1 Å². The molecule has 1 aromatic rings. The first-order chi connectivity index (χ1) is 12.0. The molecule has 140 valence electrons. The van der Waals surface area contributed by atoms with Gasteiger partial charge in [0.05, 0.1) is 0 Å². The molecule has 1 N–H and O–H groups in total. The lowest BCUT2D eigenvalue weighted by atomic mass is 10.1. The van der Waals surface area contributed by atoms with Gasteiger partial charge in [-0.2, -0.15) is 0 Å². The van der Waals surface area contributed by atoms with E-state index in [-0.39, 0.29) is 5.91 Å². The number of amides is 1. The second-order valence-corrected chi connectivity index (χ2v) is 7.37. The van der Waals surface area contributed by atoms with Crippen molar-refractivity contribution in [1.82, 2.24) is 10.2 Å². The first-order valence-electron chi connectivity index (χ1n) is 9.72. The Morgan fingerprint density at radius 3 is 2.52 bits per heavy atom. The molecule has 0 radical (unpaired) electrons. The highest BCUT2D eigenvalue weighted by Gasteiger charge is 2.16. The summed E-state index contributed by atoms with van der Waals surface area (Å²) in [6.45, 7) is 12.2. The fourth-order valence-corrected chi connectivity index (χ4v) is 3.38. The number of rotatable bonds is 7. The highest BCUT2D eigenvalue weighted by Crippen LogP contribution is 2.24. The zero-order valence-electron chi connectivity index (χ0n) is 16.4. The Bertz CT molecular complexity index is 563. The number of aryl methyl sites for hydroxylation is 2. The Morgan fingerprint density at radius 2 is 1.84 bits per heavy atom. The van der Waals surface area contributed by atoms with Crippen LogP contribution in [0.25, 0.3) is 0 Å². The summed E-state index contributed by atoms with van der Waals surface area (Å²) in [6.07, 6.45) is 5.87. The standard InChI is InChI=1S/C21H34N2O2/c1-16-14-17(2)18(3)20(15-16)25-19(4)21(24)22-10-9-13-23-11-7-5-6-8-12-23/h14-15,19H,5-13H2,1-4H3,(H,22,24)/t19-/m1/s1. The SMILES string of the molecule is Cc1cc(C)c(C)c(O[C@H](C)C(=O)NCCCN2CCCCCC2)c1. The molecule has 0 bridgehead atoms. The van der Waals surface area contributed by atoms with Gasteiger partial charge in [-0.3, -0.25) is 4.79 Å². The molecule has 2 rings (SSSR count). The molecule has 0 aliphatic carbocycles. The van der Waals surface area contributed by atoms with Crippen molar-refractivity contribution in [2.75, 3.05) is 26.2 Å². The van der Waals surface area contributed by atoms with Crippen molar-refractivity contribution in [2.24, 2.45) is 0 Å². The number of carbonyl (C=O) groups is 1. The summed E-state index contributed by atoms with van der Waals surface area (Å²) in [5.74, 6) is 0.777. The molecule has 0 spiro atoms. The Balaban J connectivity index is 1.73. The zero-order valence-corrected chi connectivity index (χ0v) is 16.4. The first kappa shape index (κ1) is 19.8. The predicted octanol–water partition coefficient (Wildman–Crippen LogP) is 3.76. The maximum absolute atomic E-state index is 12.3. The molecule has 4 heteroatoms. The number of benzene rings is 1. The molecule has 0 saturated carbocycles. The predicted molar refractivity (Wildman–Crippen MR) is 103 cm³/mol. The van der Waals surface area contributed by atoms with Crippen molar-refractivity contribution in [1.29, 1.82) is 0 Å². The molecule has 1 aliphatic heterocycles. The molecule has 0 aromatic heterocycles. The third-order valence-corrected chi connectivity index (χ3v) is 5.09. The van der Waals surface area contributed by atoms with Crippen LogP contribution in [-0.2, 0) is 4.79 Å². The van der Waals surface area contributed by atoms with Gasteiger partial charge in [-0.15, -0.1) is 0 Å². The minimum absolute atomic E-state index is 0.0329. The van der Waals surface area contributed by atoms with Crippen LogP contribution in [0.5, 0.6) is 5.75 Å². The molecular formula is C21H34N2O2. The summed E-state index contributed by atoms with van der Waals surface area (Å²) in [6, 6.07) is 4.14. The van der Waals surface area contributed by atoms with E-state index < -0.39 is 6.10 Å². The lowest BCUT2D eigenvalue weighted by molar-refractivity contribution is -0.127. The van der Waals surface area contributed by atoms with Crippen LogP contribution < -0.4 is 10.1 Å². The van der Waals surface area contributed by atoms with Gasteiger partial charge in [0.2, 0.25) is 0 Å². The third kappa shape index (κ3) is 6.35. The van der Waals surface area contributed by atoms with Crippen LogP contribution in [0.1, 0.15) is 55.7 Å². The van der Waals surface area contributed by atoms with Gasteiger partial charge in [-0.1, -0.05) is 18.9 Å². The zero-order chi connectivity index (χ0) is 18.2. The van der Waals surface area contributed by atoms with Crippen molar-refractivity contribution in [2.45, 2.75) is 65.9 Å². The van der Waals surface area contributed by atoms with Gasteiger partial charge in [0, 0.05) is 6.54 Å². The Kier molecular flexibility index (Phi) is 7.76. The molecule has 0 unspecified atom stereocenters. The number of nitrogens with one attached hydrogen (secondary N) is 1. The monoisotopic (exact) mass is 346 g/mol. The van der Waals surface area contributed by atoms with Gasteiger partial charge in [0.25, 0.3) is 5.91 Å². The number of hydrogen-bond donors (Lipinski definition) is 1. The molecule has 1 aromatic carbocycles. The second kappa shape index (κ2) is 9.81. The molecule has 1 amide bonds. The van der Waals surface area contributed by atoms with Crippen LogP contribution >= 0.6 is 0 Å². The van der Waals surface area contributed by atoms with E-state index in [9.17, 15) is 4.79 Å². The summed E-state index contributed by atoms with van der Waals surface area (Å²) in [5, 5.41) is 3.02. The van der Waals surface area contributed by atoms with Crippen molar-refractivity contribution in [3.05, 3.63) is 28.8 Å². The summed E-state index contributed by atoms with van der Waals surface area (Å²) < 4.78 is 5.91. The van der Waals surface area contributed by atoms with Gasteiger partial charge in [-0.25, -0.2) is 0 Å². The number of hydrogen-bond acceptors (Lipinski definition) is 3. The van der Waals surface area contributed by atoms with Gasteiger partial charge in [0.15, 0.2) is 6.10 Å². The maximum Gasteiger partial charge on any atom is 0.260 e. The fraction of sp³-hybridized carbons (Fsp3) is 0.667. The largest absolute Gasteiger partial charge is 0.481 e. The smallest absolute Gasteiger partial charge is 0.260 e. The number of ether oxygens (including phenoxy) is 1. The quantitative estimate of drug-likeness (QED) is 0.764. The van der Waals surface area contributed by atoms with Gasteiger partial charge in [-0.05, 0) is 89.3 Å². The van der Waals surface area contributed by atoms with E-state index in [4.69, 9.17) is 4.74 Å². The summed E-state index contributed by atoms with van der Waals surface area (Å²) >= 11 is 0. The third-order valence-electron chi connectivity index (χ3n) is 5.09. The lowest BCUT2D eigenvalue weighted by Crippen LogP contribution is -2.38. The summed E-state index contributed by atoms with van der Waals surface area (Å²) in [5.41, 5.74) is 3.45. The molecule has 1 aliphatic rings. The second-order valence-electron chi connectivity index (χ2n) is 7.37. The van der Waals surface area contributed by atoms with Crippen LogP contribution in [0, 0.1) is 20.8 Å². The van der Waals surface area contributed by atoms with E-state index in [1.165, 1.54) is 44.3 Å². The molecule has 1 saturated heterocycles. The van der Waals surface area contributed by atoms with Gasteiger partial charge < -0.3 is 15.0 Å². The van der Waals surface area contributed by atoms with Crippen LogP contribution in [0.2, 0.25) is 0 Å². The van der Waals surface area contributed by atoms with Crippen molar-refractivity contribution in [3.63, 3.8) is 0 Å². The Labute approximate surface area is 152 Å². The van der Waals surface area contributed by atoms with Gasteiger partial charge >= 0.3 is 0 Å². The lowest BCUT2D eigenvalue weighted by Gasteiger charge is -2.20. The average Bonchev–Trinajstić information content (AvgIpc) is 2.84. The average molecular weight is 347 g/mol. The Morgan fingerprint density at radius 1 is 1.16 bits per heavy atom. The number of carbonyl (C=O) groups excluding carboxylic acids is 1. The fourth-order valence-electron chi connectivity index (χ4n) is 3.38. The van der Waals surface area contributed by atoms with Crippen molar-refractivity contribution in [3.8, 4) is 5.75 Å². The molecule has 25 heavy (non-hydrogen) atoms. The minimum atomic E-state index is -0.474. The molecule has 4 nitrogen and oxygen atoms in total. The van der Waals surface area contributed by atoms with Crippen LogP contribution in [0.4, 0.5) is 0 Å². The normalized spacial score (nSPS) is 17.0. The van der Waals surface area contributed by atoms with E-state index >= 15 is 0 Å². The van der Waals surface area contributed by atoms with E-state index in [0.717, 1.165) is 36.4 Å². The van der Waals surface area contributed by atoms with Crippen molar-refractivity contribution >= 4 is 5.91 Å². The highest BCUT2D eigenvalue weighted by atomic mass is 16.5. The van der Waals surface area contributed by atoms with Crippen molar-refractivity contribution < 1.29 is 9.53 Å². The Hall–Kier alpha value is -1.55. The van der Waals surface area contributed by atoms with E-state index in [1.54, 1.807) is 0 Å².